The lowest BCUT2D eigenvalue weighted by molar-refractivity contribution is -0.136. The molecule has 1 aliphatic rings. The topological polar surface area (TPSA) is 77.9 Å². The Kier molecular flexibility index (Phi) is 5.94. The third-order valence-electron chi connectivity index (χ3n) is 4.87. The van der Waals surface area contributed by atoms with Gasteiger partial charge < -0.3 is 5.11 Å². The first-order chi connectivity index (χ1) is 12.9. The molecule has 0 aromatic heterocycles. The van der Waals surface area contributed by atoms with Gasteiger partial charge in [0.2, 0.25) is 10.0 Å². The number of benzene rings is 2. The van der Waals surface area contributed by atoms with Crippen molar-refractivity contribution in [3.63, 3.8) is 0 Å². The minimum Gasteiger partial charge on any atom is -0.481 e. The Labute approximate surface area is 160 Å². The van der Waals surface area contributed by atoms with E-state index in [1.807, 2.05) is 25.1 Å². The van der Waals surface area contributed by atoms with Crippen LogP contribution in [0, 0.1) is 0 Å². The Morgan fingerprint density at radius 1 is 1.04 bits per heavy atom. The fourth-order valence-corrected chi connectivity index (χ4v) is 4.85. The molecule has 3 rings (SSSR count). The minimum absolute atomic E-state index is 0.111. The van der Waals surface area contributed by atoms with E-state index in [1.54, 1.807) is 12.1 Å². The van der Waals surface area contributed by atoms with Crippen molar-refractivity contribution in [2.24, 2.45) is 0 Å². The van der Waals surface area contributed by atoms with E-state index < -0.39 is 16.0 Å². The zero-order valence-electron chi connectivity index (χ0n) is 15.3. The van der Waals surface area contributed by atoms with Crippen molar-refractivity contribution in [2.75, 3.05) is 19.6 Å². The van der Waals surface area contributed by atoms with Gasteiger partial charge >= 0.3 is 5.97 Å². The molecule has 1 unspecified atom stereocenters. The molecule has 1 atom stereocenters. The first kappa shape index (κ1) is 19.5. The Bertz CT molecular complexity index is 882. The standard InChI is InChI=1S/C20H24N2O4S/c1-16-14-22(12-11-21(16)15-18-5-3-2-4-6-18)27(25,26)19-9-7-17(8-10-19)13-20(23)24/h2-10,16H,11-15H2,1H3,(H,23,24). The van der Waals surface area contributed by atoms with Crippen molar-refractivity contribution in [3.8, 4) is 0 Å². The zero-order chi connectivity index (χ0) is 19.4. The van der Waals surface area contributed by atoms with Gasteiger partial charge in [-0.15, -0.1) is 0 Å². The molecular formula is C20H24N2O4S. The fraction of sp³-hybridized carbons (Fsp3) is 0.350. The van der Waals surface area contributed by atoms with E-state index in [4.69, 9.17) is 5.11 Å². The average Bonchev–Trinajstić information content (AvgIpc) is 2.64. The Morgan fingerprint density at radius 2 is 1.70 bits per heavy atom. The molecule has 2 aromatic carbocycles. The van der Waals surface area contributed by atoms with E-state index in [0.29, 0.717) is 25.2 Å². The number of carboxylic acid groups (broad SMARTS) is 1. The highest BCUT2D eigenvalue weighted by atomic mass is 32.2. The minimum atomic E-state index is -3.58. The van der Waals surface area contributed by atoms with Crippen molar-refractivity contribution < 1.29 is 18.3 Å². The Balaban J connectivity index is 1.67. The molecule has 6 nitrogen and oxygen atoms in total. The number of nitrogens with zero attached hydrogens (tertiary/aromatic N) is 2. The van der Waals surface area contributed by atoms with Gasteiger partial charge in [0.05, 0.1) is 11.3 Å². The normalized spacial score (nSPS) is 19.1. The molecule has 0 bridgehead atoms. The summed E-state index contributed by atoms with van der Waals surface area (Å²) in [5.41, 5.74) is 1.80. The SMILES string of the molecule is CC1CN(S(=O)(=O)c2ccc(CC(=O)O)cc2)CCN1Cc1ccccc1. The maximum absolute atomic E-state index is 12.9. The summed E-state index contributed by atoms with van der Waals surface area (Å²) in [6.07, 6.45) is -0.116. The van der Waals surface area contributed by atoms with Crippen molar-refractivity contribution in [3.05, 3.63) is 65.7 Å². The summed E-state index contributed by atoms with van der Waals surface area (Å²) in [5, 5.41) is 8.83. The molecule has 0 saturated carbocycles. The molecule has 144 valence electrons. The van der Waals surface area contributed by atoms with Crippen LogP contribution in [0.3, 0.4) is 0 Å². The second-order valence-corrected chi connectivity index (χ2v) is 8.82. The molecule has 1 fully saturated rings. The predicted octanol–water partition coefficient (Wildman–Crippen LogP) is 2.21. The third kappa shape index (κ3) is 4.74. The van der Waals surface area contributed by atoms with Gasteiger partial charge in [0, 0.05) is 32.2 Å². The van der Waals surface area contributed by atoms with E-state index in [1.165, 1.54) is 22.0 Å². The van der Waals surface area contributed by atoms with Crippen LogP contribution in [0.4, 0.5) is 0 Å². The summed E-state index contributed by atoms with van der Waals surface area (Å²) in [6.45, 7) is 4.40. The molecule has 0 aliphatic carbocycles. The molecule has 0 amide bonds. The summed E-state index contributed by atoms with van der Waals surface area (Å²) in [5.74, 6) is -0.936. The van der Waals surface area contributed by atoms with Gasteiger partial charge in [-0.25, -0.2) is 8.42 Å². The van der Waals surface area contributed by atoms with Crippen LogP contribution in [0.5, 0.6) is 0 Å². The van der Waals surface area contributed by atoms with E-state index in [9.17, 15) is 13.2 Å². The fourth-order valence-electron chi connectivity index (χ4n) is 3.34. The van der Waals surface area contributed by atoms with Crippen molar-refractivity contribution in [1.29, 1.82) is 0 Å². The van der Waals surface area contributed by atoms with Crippen LogP contribution in [0.25, 0.3) is 0 Å². The van der Waals surface area contributed by atoms with Gasteiger partial charge in [0.15, 0.2) is 0 Å². The lowest BCUT2D eigenvalue weighted by Gasteiger charge is -2.39. The summed E-state index contributed by atoms with van der Waals surface area (Å²) in [4.78, 5) is 13.3. The van der Waals surface area contributed by atoms with Crippen LogP contribution >= 0.6 is 0 Å². The number of aliphatic carboxylic acids is 1. The molecule has 1 aliphatic heterocycles. The van der Waals surface area contributed by atoms with Crippen molar-refractivity contribution >= 4 is 16.0 Å². The summed E-state index contributed by atoms with van der Waals surface area (Å²) in [7, 11) is -3.58. The maximum Gasteiger partial charge on any atom is 0.307 e. The molecule has 0 radical (unpaired) electrons. The number of hydrogen-bond acceptors (Lipinski definition) is 4. The van der Waals surface area contributed by atoms with Crippen LogP contribution in [0.2, 0.25) is 0 Å². The highest BCUT2D eigenvalue weighted by Crippen LogP contribution is 2.22. The number of hydrogen-bond donors (Lipinski definition) is 1. The highest BCUT2D eigenvalue weighted by molar-refractivity contribution is 7.89. The van der Waals surface area contributed by atoms with Crippen LogP contribution < -0.4 is 0 Å². The van der Waals surface area contributed by atoms with E-state index in [0.717, 1.165) is 6.54 Å². The van der Waals surface area contributed by atoms with Gasteiger partial charge in [0.1, 0.15) is 0 Å². The third-order valence-corrected chi connectivity index (χ3v) is 6.75. The molecule has 1 N–H and O–H groups in total. The van der Waals surface area contributed by atoms with E-state index in [2.05, 4.69) is 17.0 Å². The number of carboxylic acids is 1. The van der Waals surface area contributed by atoms with Crippen molar-refractivity contribution in [2.45, 2.75) is 30.8 Å². The van der Waals surface area contributed by atoms with Crippen LogP contribution in [0.15, 0.2) is 59.5 Å². The van der Waals surface area contributed by atoms with E-state index >= 15 is 0 Å². The van der Waals surface area contributed by atoms with Crippen LogP contribution in [-0.4, -0.2) is 54.4 Å². The molecule has 1 heterocycles. The molecule has 1 saturated heterocycles. The van der Waals surface area contributed by atoms with Gasteiger partial charge in [-0.2, -0.15) is 4.31 Å². The number of sulfonamides is 1. The zero-order valence-corrected chi connectivity index (χ0v) is 16.1. The molecule has 7 heteroatoms. The quantitative estimate of drug-likeness (QED) is 0.821. The van der Waals surface area contributed by atoms with Gasteiger partial charge in [-0.05, 0) is 30.2 Å². The first-order valence-electron chi connectivity index (χ1n) is 8.95. The molecule has 27 heavy (non-hydrogen) atoms. The molecule has 2 aromatic rings. The summed E-state index contributed by atoms with van der Waals surface area (Å²) >= 11 is 0. The number of piperazine rings is 1. The molecular weight excluding hydrogens is 364 g/mol. The number of carbonyl (C=O) groups is 1. The first-order valence-corrected chi connectivity index (χ1v) is 10.4. The lowest BCUT2D eigenvalue weighted by Crippen LogP contribution is -2.53. The largest absolute Gasteiger partial charge is 0.481 e. The summed E-state index contributed by atoms with van der Waals surface area (Å²) < 4.78 is 27.4. The average molecular weight is 388 g/mol. The van der Waals surface area contributed by atoms with Gasteiger partial charge in [0.25, 0.3) is 0 Å². The van der Waals surface area contributed by atoms with Crippen molar-refractivity contribution in [1.82, 2.24) is 9.21 Å². The summed E-state index contributed by atoms with van der Waals surface area (Å²) in [6, 6.07) is 16.4. The lowest BCUT2D eigenvalue weighted by atomic mass is 10.1. The maximum atomic E-state index is 12.9. The second-order valence-electron chi connectivity index (χ2n) is 6.88. The second kappa shape index (κ2) is 8.21. The van der Waals surface area contributed by atoms with Crippen LogP contribution in [0.1, 0.15) is 18.1 Å². The Morgan fingerprint density at radius 3 is 2.30 bits per heavy atom. The monoisotopic (exact) mass is 388 g/mol. The molecule has 0 spiro atoms. The van der Waals surface area contributed by atoms with E-state index in [-0.39, 0.29) is 17.4 Å². The smallest absolute Gasteiger partial charge is 0.307 e. The number of rotatable bonds is 6. The highest BCUT2D eigenvalue weighted by Gasteiger charge is 2.32. The predicted molar refractivity (Wildman–Crippen MR) is 103 cm³/mol. The van der Waals surface area contributed by atoms with Gasteiger partial charge in [-0.3, -0.25) is 9.69 Å². The van der Waals surface area contributed by atoms with Gasteiger partial charge in [-0.1, -0.05) is 42.5 Å². The Hall–Kier alpha value is -2.22. The van der Waals surface area contributed by atoms with Crippen LogP contribution in [-0.2, 0) is 27.8 Å².